The minimum absolute atomic E-state index is 0. The molecule has 7 nitrogen and oxygen atoms in total. The molecule has 8 heteroatoms. The first kappa shape index (κ1) is 57.8. The van der Waals surface area contributed by atoms with Crippen molar-refractivity contribution < 1.29 is 30.4 Å². The van der Waals surface area contributed by atoms with Crippen LogP contribution in [0.2, 0.25) is 0 Å². The van der Waals surface area contributed by atoms with E-state index in [2.05, 4.69) is 335 Å². The molecule has 0 saturated carbocycles. The van der Waals surface area contributed by atoms with Gasteiger partial charge >= 0.3 is 0 Å². The maximum atomic E-state index is 7.61. The first-order valence-electron chi connectivity index (χ1n) is 33.5. The third-order valence-electron chi connectivity index (χ3n) is 20.4. The van der Waals surface area contributed by atoms with Gasteiger partial charge in [0.15, 0.2) is 0 Å². The topological polar surface area (TPSA) is 45.7 Å². The Labute approximate surface area is 581 Å². The van der Waals surface area contributed by atoms with Crippen LogP contribution >= 0.6 is 0 Å². The van der Waals surface area contributed by atoms with E-state index in [0.29, 0.717) is 11.5 Å². The van der Waals surface area contributed by atoms with Crippen LogP contribution in [-0.2, 0) is 39.3 Å². The summed E-state index contributed by atoms with van der Waals surface area (Å²) in [7, 11) is 0. The molecule has 0 aliphatic carbocycles. The summed E-state index contributed by atoms with van der Waals surface area (Å²) < 4.78 is 19.3. The average molecular weight is 1440 g/mol. The maximum absolute atomic E-state index is 7.61. The van der Waals surface area contributed by atoms with Crippen LogP contribution in [0.25, 0.3) is 161 Å². The minimum atomic E-state index is -0.114. The molecule has 0 unspecified atom stereocenters. The van der Waals surface area contributed by atoms with Crippen LogP contribution < -0.4 is 9.30 Å². The summed E-state index contributed by atoms with van der Waals surface area (Å²) in [6, 6.07) is 110. The van der Waals surface area contributed by atoms with Gasteiger partial charge in [-0.1, -0.05) is 226 Å². The summed E-state index contributed by atoms with van der Waals surface area (Å²) in [6.07, 6.45) is 7.62. The summed E-state index contributed by atoms with van der Waals surface area (Å²) in [5, 5.41) is 6.89. The molecule has 3 aliphatic rings. The van der Waals surface area contributed by atoms with E-state index in [-0.39, 0.29) is 26.5 Å². The molecule has 468 valence electrons. The molecule has 18 aromatic rings. The summed E-state index contributed by atoms with van der Waals surface area (Å²) in [4.78, 5) is 5.12. The molecular weight excluding hydrogens is 1380 g/mol. The molecule has 0 radical (unpaired) electrons. The van der Waals surface area contributed by atoms with Crippen molar-refractivity contribution in [2.75, 3.05) is 0 Å². The first-order chi connectivity index (χ1) is 47.7. The fourth-order valence-corrected chi connectivity index (χ4v) is 16.0. The molecule has 10 bridgehead atoms. The number of para-hydroxylation sites is 6. The fraction of sp³-hybridized carbons (Fsp3) is 0.0667. The quantitative estimate of drug-likeness (QED) is 0.128. The zero-order valence-electron chi connectivity index (χ0n) is 54.0. The van der Waals surface area contributed by atoms with E-state index in [0.717, 1.165) is 157 Å². The zero-order valence-corrected chi connectivity index (χ0v) is 56.2. The van der Waals surface area contributed by atoms with Crippen LogP contribution in [0.5, 0.6) is 11.5 Å². The Morgan fingerprint density at radius 3 is 1.80 bits per heavy atom. The standard InChI is InChI=1S/C90H60N6O.Pt/c1-90(2,3)61-45-46-91-86(51-61)95-79-38-15-13-32-72(79)77-53-84-85(54-83(77)95)97-64-25-18-24-62(52-64)92-55-93-88-65(33-19-35-73(88)68-28-9-7-26-66(68)67-27-8-10-29-69(67)74-36-20-40-82(92)89(74)93)60-48-59(57-21-5-4-6-22-57)49-63(50-60)94-78-37-14-12-31-71(78)76-47-56(42-44-81(76)94)41-43-58-23-17-34-75-70-30-11-16-39-80(70)96(84)87(58)75;/h4-40,42,44-51,53H,41,43H2,1-3H3;/q-2;. The number of rotatable bonds is 2. The van der Waals surface area contributed by atoms with Crippen molar-refractivity contribution in [1.82, 2.24) is 23.3 Å². The third kappa shape index (κ3) is 8.85. The number of nitrogens with zero attached hydrogens (tertiary/aromatic N) is 6. The molecule has 0 atom stereocenters. The Bertz CT molecular complexity index is 6350. The molecule has 0 spiro atoms. The van der Waals surface area contributed by atoms with Gasteiger partial charge in [0.05, 0.1) is 27.8 Å². The minimum Gasteiger partial charge on any atom is -0.508 e. The predicted octanol–water partition coefficient (Wildman–Crippen LogP) is 21.8. The van der Waals surface area contributed by atoms with E-state index in [9.17, 15) is 0 Å². The number of hydrogen-bond donors (Lipinski definition) is 0. The van der Waals surface area contributed by atoms with Crippen molar-refractivity contribution in [2.45, 2.75) is 39.0 Å². The Balaban J connectivity index is 0.00000673. The summed E-state index contributed by atoms with van der Waals surface area (Å²) in [5.74, 6) is 1.90. The summed E-state index contributed by atoms with van der Waals surface area (Å²) in [5.41, 5.74) is 26.8. The van der Waals surface area contributed by atoms with Crippen molar-refractivity contribution in [1.29, 1.82) is 0 Å². The van der Waals surface area contributed by atoms with Gasteiger partial charge in [-0.25, -0.2) is 4.98 Å². The van der Waals surface area contributed by atoms with Crippen LogP contribution in [-0.4, -0.2) is 23.3 Å². The number of hydrogen-bond acceptors (Lipinski definition) is 2. The van der Waals surface area contributed by atoms with Gasteiger partial charge in [-0.3, -0.25) is 4.57 Å². The number of aromatic nitrogens is 6. The van der Waals surface area contributed by atoms with Crippen LogP contribution in [0.3, 0.4) is 0 Å². The van der Waals surface area contributed by atoms with Gasteiger partial charge < -0.3 is 23.0 Å². The van der Waals surface area contributed by atoms with Crippen molar-refractivity contribution in [3.05, 3.63) is 320 Å². The number of pyridine rings is 1. The van der Waals surface area contributed by atoms with Gasteiger partial charge in [-0.15, -0.1) is 24.3 Å². The molecule has 0 amide bonds. The van der Waals surface area contributed by atoms with E-state index in [1.54, 1.807) is 0 Å². The normalized spacial score (nSPS) is 12.6. The summed E-state index contributed by atoms with van der Waals surface area (Å²) >= 11 is 0. The molecule has 0 saturated heterocycles. The van der Waals surface area contributed by atoms with Crippen LogP contribution in [0.1, 0.15) is 37.5 Å². The second-order valence-corrected chi connectivity index (χ2v) is 27.0. The monoisotopic (exact) mass is 1440 g/mol. The van der Waals surface area contributed by atoms with Crippen molar-refractivity contribution in [2.24, 2.45) is 0 Å². The van der Waals surface area contributed by atoms with E-state index < -0.39 is 0 Å². The zero-order chi connectivity index (χ0) is 64.2. The first-order valence-corrected chi connectivity index (χ1v) is 33.5. The SMILES string of the molecule is CC(C)(C)c1ccnc(-n2c3[c-]c4c(cc3c3ccccc32)-n2c3ccccc3c3cccc(c32)CCc2ccc3c(c2)c2ccccc2n3-c2cc(-c3ccccc3)cc(c2)-c2cccc3c2-[n+]2[c-]n(c5cccc(c52)-c2ccccc2-c2ccccc2-3)-c2[c-]c(ccc2)O4)c1.[Pt]. The Morgan fingerprint density at radius 2 is 1.02 bits per heavy atom. The van der Waals surface area contributed by atoms with E-state index in [1.807, 2.05) is 12.3 Å². The van der Waals surface area contributed by atoms with Gasteiger partial charge in [-0.2, -0.15) is 12.1 Å². The fourth-order valence-electron chi connectivity index (χ4n) is 16.0. The molecule has 8 heterocycles. The molecule has 0 N–H and O–H groups in total. The van der Waals surface area contributed by atoms with Crippen LogP contribution in [0.4, 0.5) is 0 Å². The molecule has 3 aliphatic heterocycles. The average Bonchev–Trinajstić information content (AvgIpc) is 1.57. The van der Waals surface area contributed by atoms with Crippen molar-refractivity contribution >= 4 is 76.5 Å². The smallest absolute Gasteiger partial charge is 0.268 e. The third-order valence-corrected chi connectivity index (χ3v) is 20.4. The molecule has 5 aromatic heterocycles. The van der Waals surface area contributed by atoms with Gasteiger partial charge in [0.2, 0.25) is 0 Å². The van der Waals surface area contributed by atoms with Gasteiger partial charge in [-0.05, 0) is 168 Å². The predicted molar refractivity (Wildman–Crippen MR) is 395 cm³/mol. The van der Waals surface area contributed by atoms with Gasteiger partial charge in [0.25, 0.3) is 6.33 Å². The second-order valence-electron chi connectivity index (χ2n) is 27.0. The molecular formula is C90H60N6OPt-2. The van der Waals surface area contributed by atoms with E-state index in [4.69, 9.17) is 9.72 Å². The number of imidazole rings is 1. The summed E-state index contributed by atoms with van der Waals surface area (Å²) in [6.45, 7) is 6.76. The number of benzene rings is 13. The van der Waals surface area contributed by atoms with Gasteiger partial charge in [0, 0.05) is 82.5 Å². The molecule has 98 heavy (non-hydrogen) atoms. The van der Waals surface area contributed by atoms with Crippen molar-refractivity contribution in [3.63, 3.8) is 0 Å². The van der Waals surface area contributed by atoms with Crippen LogP contribution in [0.15, 0.2) is 285 Å². The Kier molecular flexibility index (Phi) is 13.1. The van der Waals surface area contributed by atoms with Gasteiger partial charge in [0.1, 0.15) is 5.82 Å². The van der Waals surface area contributed by atoms with E-state index >= 15 is 0 Å². The largest absolute Gasteiger partial charge is 0.508 e. The van der Waals surface area contributed by atoms with E-state index in [1.165, 1.54) is 32.8 Å². The molecule has 13 aromatic carbocycles. The Hall–Kier alpha value is -11.6. The molecule has 21 rings (SSSR count). The second kappa shape index (κ2) is 22.2. The van der Waals surface area contributed by atoms with Crippen molar-refractivity contribution in [3.8, 4) is 95.7 Å². The molecule has 0 fully saturated rings. The van der Waals surface area contributed by atoms with Crippen LogP contribution in [0, 0.1) is 18.5 Å². The number of fused-ring (bicyclic) bond motifs is 13. The number of ether oxygens (including phenoxy) is 1. The Morgan fingerprint density at radius 1 is 0.429 bits per heavy atom. The maximum Gasteiger partial charge on any atom is 0.268 e. The number of aryl methyl sites for hydroxylation is 2.